The maximum atomic E-state index is 12.6. The fourth-order valence-electron chi connectivity index (χ4n) is 4.06. The minimum absolute atomic E-state index is 0.0603. The van der Waals surface area contributed by atoms with Gasteiger partial charge in [-0.2, -0.15) is 0 Å². The number of rotatable bonds is 4. The molecule has 1 saturated heterocycles. The number of anilines is 1. The lowest BCUT2D eigenvalue weighted by Crippen LogP contribution is -2.32. The summed E-state index contributed by atoms with van der Waals surface area (Å²) in [6.45, 7) is 0. The van der Waals surface area contributed by atoms with Gasteiger partial charge in [-0.25, -0.2) is 9.59 Å². The monoisotopic (exact) mass is 471 g/mol. The Bertz CT molecular complexity index is 1590. The van der Waals surface area contributed by atoms with Crippen LogP contribution in [-0.4, -0.2) is 33.9 Å². The highest BCUT2D eigenvalue weighted by Crippen LogP contribution is 2.41. The van der Waals surface area contributed by atoms with Crippen LogP contribution in [0.5, 0.6) is 0 Å². The van der Waals surface area contributed by atoms with Gasteiger partial charge in [0, 0.05) is 47.2 Å². The van der Waals surface area contributed by atoms with Crippen molar-refractivity contribution in [3.8, 4) is 22.5 Å². The molecule has 2 aromatic carbocycles. The van der Waals surface area contributed by atoms with Crippen LogP contribution in [0.4, 0.5) is 5.69 Å². The average Bonchev–Trinajstić information content (AvgIpc) is 3.14. The third kappa shape index (κ3) is 3.76. The highest BCUT2D eigenvalue weighted by atomic mass is 16.7. The van der Waals surface area contributed by atoms with E-state index in [9.17, 15) is 24.3 Å². The number of hydroxylamine groups is 2. The summed E-state index contributed by atoms with van der Waals surface area (Å²) >= 11 is 0. The van der Waals surface area contributed by atoms with Crippen LogP contribution in [0.2, 0.25) is 0 Å². The number of aromatic carboxylic acids is 1. The number of nitrogen functional groups attached to an aromatic ring is 1. The standard InChI is InChI=1S/C25H17N3O7/c26-13-2-5-16-19(10-13)34-20-11-14(27)3-6-17(20)23(16)15-4-1-12(9-18(15)24(31)32)25(33)35-28-21(29)7-8-22(28)30/h1-6,9-11,26H,7-8,27H2,(H,31,32). The predicted molar refractivity (Wildman–Crippen MR) is 122 cm³/mol. The lowest BCUT2D eigenvalue weighted by atomic mass is 9.90. The highest BCUT2D eigenvalue weighted by molar-refractivity contribution is 6.09. The molecule has 3 aliphatic rings. The number of carbonyl (C=O) groups excluding carboxylic acids is 3. The zero-order valence-corrected chi connectivity index (χ0v) is 18.0. The van der Waals surface area contributed by atoms with Crippen molar-refractivity contribution in [1.82, 2.24) is 5.06 Å². The molecular weight excluding hydrogens is 454 g/mol. The Hall–Kier alpha value is -4.99. The van der Waals surface area contributed by atoms with Crippen molar-refractivity contribution in [2.24, 2.45) is 0 Å². The zero-order chi connectivity index (χ0) is 24.9. The van der Waals surface area contributed by atoms with Crippen molar-refractivity contribution < 1.29 is 33.5 Å². The third-order valence-electron chi connectivity index (χ3n) is 5.68. The normalized spacial score (nSPS) is 13.5. The zero-order valence-electron chi connectivity index (χ0n) is 18.0. The fourth-order valence-corrected chi connectivity index (χ4v) is 4.06. The molecule has 35 heavy (non-hydrogen) atoms. The third-order valence-corrected chi connectivity index (χ3v) is 5.68. The van der Waals surface area contributed by atoms with E-state index >= 15 is 0 Å². The molecule has 0 unspecified atom stereocenters. The maximum Gasteiger partial charge on any atom is 0.363 e. The minimum Gasteiger partial charge on any atom is -0.478 e. The molecule has 0 saturated carbocycles. The number of amides is 2. The van der Waals surface area contributed by atoms with Crippen molar-refractivity contribution in [2.45, 2.75) is 12.8 Å². The molecule has 10 heteroatoms. The minimum atomic E-state index is -1.31. The molecule has 0 atom stereocenters. The second-order valence-corrected chi connectivity index (χ2v) is 7.97. The quantitative estimate of drug-likeness (QED) is 0.232. The van der Waals surface area contributed by atoms with Crippen LogP contribution in [0.25, 0.3) is 33.4 Å². The Morgan fingerprint density at radius 2 is 1.69 bits per heavy atom. The Balaban J connectivity index is 1.68. The summed E-state index contributed by atoms with van der Waals surface area (Å²) in [5.41, 5.74) is 7.75. The van der Waals surface area contributed by atoms with Gasteiger partial charge in [-0.3, -0.25) is 9.59 Å². The molecule has 0 bridgehead atoms. The first-order valence-corrected chi connectivity index (χ1v) is 10.5. The molecule has 0 radical (unpaired) electrons. The van der Waals surface area contributed by atoms with Gasteiger partial charge >= 0.3 is 11.9 Å². The maximum absolute atomic E-state index is 12.6. The van der Waals surface area contributed by atoms with Crippen molar-refractivity contribution in [3.63, 3.8) is 0 Å². The van der Waals surface area contributed by atoms with Gasteiger partial charge in [0.05, 0.1) is 16.5 Å². The summed E-state index contributed by atoms with van der Waals surface area (Å²) < 4.78 is 5.94. The molecule has 10 nitrogen and oxygen atoms in total. The number of benzene rings is 3. The molecule has 2 aromatic rings. The second-order valence-electron chi connectivity index (χ2n) is 7.97. The molecule has 4 N–H and O–H groups in total. The smallest absolute Gasteiger partial charge is 0.363 e. The second kappa shape index (κ2) is 8.10. The predicted octanol–water partition coefficient (Wildman–Crippen LogP) is 3.19. The molecular formula is C25H17N3O7. The molecule has 5 rings (SSSR count). The summed E-state index contributed by atoms with van der Waals surface area (Å²) in [5.74, 6) is -3.27. The number of nitrogens with two attached hydrogens (primary N) is 1. The van der Waals surface area contributed by atoms with Gasteiger partial charge in [-0.1, -0.05) is 6.07 Å². The van der Waals surface area contributed by atoms with Crippen molar-refractivity contribution in [1.29, 1.82) is 5.41 Å². The lowest BCUT2D eigenvalue weighted by molar-refractivity contribution is -0.172. The number of hydrogen-bond donors (Lipinski definition) is 3. The Morgan fingerprint density at radius 1 is 0.971 bits per heavy atom. The number of fused-ring (bicyclic) bond motifs is 2. The molecule has 1 fully saturated rings. The summed E-state index contributed by atoms with van der Waals surface area (Å²) in [7, 11) is 0. The topological polar surface area (TPSA) is 164 Å². The molecule has 2 amide bonds. The first-order valence-electron chi connectivity index (χ1n) is 10.5. The van der Waals surface area contributed by atoms with Crippen LogP contribution in [0.15, 0.2) is 59.0 Å². The van der Waals surface area contributed by atoms with Gasteiger partial charge in [-0.05, 0) is 42.0 Å². The number of nitrogens with one attached hydrogen (secondary N) is 1. The Kier molecular flexibility index (Phi) is 5.05. The van der Waals surface area contributed by atoms with E-state index in [-0.39, 0.29) is 34.9 Å². The van der Waals surface area contributed by atoms with Crippen LogP contribution in [0.1, 0.15) is 33.6 Å². The number of imide groups is 1. The molecule has 2 aliphatic heterocycles. The van der Waals surface area contributed by atoms with Gasteiger partial charge in [0.2, 0.25) is 0 Å². The van der Waals surface area contributed by atoms with E-state index in [0.29, 0.717) is 38.6 Å². The van der Waals surface area contributed by atoms with E-state index in [1.165, 1.54) is 18.2 Å². The van der Waals surface area contributed by atoms with E-state index < -0.39 is 23.8 Å². The van der Waals surface area contributed by atoms with Crippen molar-refractivity contribution >= 4 is 40.4 Å². The summed E-state index contributed by atoms with van der Waals surface area (Å²) in [6.07, 6.45) is -0.121. The molecule has 1 aliphatic carbocycles. The fraction of sp³-hybridized carbons (Fsp3) is 0.0800. The van der Waals surface area contributed by atoms with Crippen LogP contribution < -0.4 is 11.1 Å². The van der Waals surface area contributed by atoms with E-state index in [4.69, 9.17) is 20.4 Å². The largest absolute Gasteiger partial charge is 0.478 e. The Morgan fingerprint density at radius 3 is 2.40 bits per heavy atom. The van der Waals surface area contributed by atoms with Crippen LogP contribution in [-0.2, 0) is 14.4 Å². The van der Waals surface area contributed by atoms with Gasteiger partial charge in [-0.15, -0.1) is 5.06 Å². The van der Waals surface area contributed by atoms with Crippen LogP contribution >= 0.6 is 0 Å². The van der Waals surface area contributed by atoms with Gasteiger partial charge in [0.25, 0.3) is 11.8 Å². The van der Waals surface area contributed by atoms with Crippen LogP contribution in [0, 0.1) is 5.41 Å². The summed E-state index contributed by atoms with van der Waals surface area (Å²) in [5, 5.41) is 19.1. The number of carboxylic acids is 1. The first-order chi connectivity index (χ1) is 16.7. The molecule has 0 spiro atoms. The van der Waals surface area contributed by atoms with Gasteiger partial charge in [0.15, 0.2) is 0 Å². The van der Waals surface area contributed by atoms with E-state index in [1.807, 2.05) is 0 Å². The van der Waals surface area contributed by atoms with Crippen molar-refractivity contribution in [2.75, 3.05) is 5.73 Å². The number of carboxylic acid groups (broad SMARTS) is 1. The summed E-state index contributed by atoms with van der Waals surface area (Å²) in [6, 6.07) is 13.6. The molecule has 2 heterocycles. The van der Waals surface area contributed by atoms with E-state index in [1.54, 1.807) is 30.3 Å². The van der Waals surface area contributed by atoms with Crippen molar-refractivity contribution in [3.05, 3.63) is 71.1 Å². The SMILES string of the molecule is N=c1ccc2c(-c3ccc(C(=O)ON4C(=O)CCC4=O)cc3C(=O)O)c3ccc(N)cc3oc-2c1. The first kappa shape index (κ1) is 21.8. The lowest BCUT2D eigenvalue weighted by Gasteiger charge is -2.18. The average molecular weight is 471 g/mol. The summed E-state index contributed by atoms with van der Waals surface area (Å²) in [4.78, 5) is 53.3. The van der Waals surface area contributed by atoms with E-state index in [0.717, 1.165) is 6.07 Å². The van der Waals surface area contributed by atoms with E-state index in [2.05, 4.69) is 0 Å². The highest BCUT2D eigenvalue weighted by Gasteiger charge is 2.33. The number of carbonyl (C=O) groups is 4. The van der Waals surface area contributed by atoms with Gasteiger partial charge < -0.3 is 25.5 Å². The number of hydrogen-bond acceptors (Lipinski definition) is 8. The van der Waals surface area contributed by atoms with Gasteiger partial charge in [0.1, 0.15) is 11.3 Å². The molecule has 0 aromatic heterocycles. The molecule has 174 valence electrons. The Labute approximate surface area is 196 Å². The number of nitrogens with zero attached hydrogens (tertiary/aromatic N) is 1. The van der Waals surface area contributed by atoms with Crippen LogP contribution in [0.3, 0.4) is 0 Å².